The average Bonchev–Trinajstić information content (AvgIpc) is 2.44. The Morgan fingerprint density at radius 2 is 1.94 bits per heavy atom. The van der Waals surface area contributed by atoms with Gasteiger partial charge < -0.3 is 4.74 Å². The second kappa shape index (κ2) is 5.62. The van der Waals surface area contributed by atoms with Gasteiger partial charge in [0.05, 0.1) is 7.11 Å². The number of benzene rings is 2. The molecule has 0 saturated carbocycles. The van der Waals surface area contributed by atoms with Crippen molar-refractivity contribution in [2.24, 2.45) is 5.90 Å². The zero-order chi connectivity index (χ0) is 13.0. The van der Waals surface area contributed by atoms with Crippen molar-refractivity contribution in [3.63, 3.8) is 0 Å². The first-order valence-electron chi connectivity index (χ1n) is 5.66. The van der Waals surface area contributed by atoms with Crippen LogP contribution in [0.1, 0.15) is 5.56 Å². The van der Waals surface area contributed by atoms with E-state index in [2.05, 4.69) is 9.57 Å². The van der Waals surface area contributed by atoms with Crippen LogP contribution in [0.2, 0.25) is 0 Å². The molecule has 0 aliphatic rings. The summed E-state index contributed by atoms with van der Waals surface area (Å²) in [7, 11) is 1.32. The van der Waals surface area contributed by atoms with E-state index in [1.165, 1.54) is 7.11 Å². The van der Waals surface area contributed by atoms with Crippen LogP contribution in [0.4, 0.5) is 0 Å². The molecule has 2 aromatic carbocycles. The van der Waals surface area contributed by atoms with Crippen LogP contribution < -0.4 is 5.90 Å². The number of fused-ring (bicyclic) bond motifs is 1. The zero-order valence-corrected chi connectivity index (χ0v) is 10.1. The van der Waals surface area contributed by atoms with Gasteiger partial charge in [-0.25, -0.2) is 10.7 Å². The first-order valence-corrected chi connectivity index (χ1v) is 5.66. The van der Waals surface area contributed by atoms with Gasteiger partial charge in [-0.1, -0.05) is 42.5 Å². The van der Waals surface area contributed by atoms with Gasteiger partial charge in [0.25, 0.3) is 0 Å². The molecule has 0 heterocycles. The average molecular weight is 245 g/mol. The molecule has 1 unspecified atom stereocenters. The number of carbonyl (C=O) groups is 1. The minimum atomic E-state index is -0.777. The van der Waals surface area contributed by atoms with Crippen molar-refractivity contribution >= 4 is 16.7 Å². The van der Waals surface area contributed by atoms with Crippen LogP contribution in [0.5, 0.6) is 0 Å². The van der Waals surface area contributed by atoms with Crippen LogP contribution in [-0.2, 0) is 20.8 Å². The highest BCUT2D eigenvalue weighted by molar-refractivity contribution is 5.86. The van der Waals surface area contributed by atoms with Gasteiger partial charge in [0, 0.05) is 6.42 Å². The molecule has 0 bridgehead atoms. The van der Waals surface area contributed by atoms with Gasteiger partial charge in [0.2, 0.25) is 0 Å². The van der Waals surface area contributed by atoms with Gasteiger partial charge in [-0.2, -0.15) is 0 Å². The Morgan fingerprint density at radius 3 is 2.67 bits per heavy atom. The molecule has 0 spiro atoms. The lowest BCUT2D eigenvalue weighted by Crippen LogP contribution is -2.30. The van der Waals surface area contributed by atoms with Crippen LogP contribution >= 0.6 is 0 Å². The maximum atomic E-state index is 11.5. The monoisotopic (exact) mass is 245 g/mol. The van der Waals surface area contributed by atoms with E-state index in [1.807, 2.05) is 42.5 Å². The summed E-state index contributed by atoms with van der Waals surface area (Å²) < 4.78 is 4.64. The minimum absolute atomic E-state index is 0.393. The molecule has 4 heteroatoms. The Bertz CT molecular complexity index is 548. The van der Waals surface area contributed by atoms with E-state index >= 15 is 0 Å². The number of methoxy groups -OCH3 is 1. The van der Waals surface area contributed by atoms with Gasteiger partial charge in [-0.05, 0) is 16.3 Å². The predicted octanol–water partition coefficient (Wildman–Crippen LogP) is 1.81. The highest BCUT2D eigenvalue weighted by Crippen LogP contribution is 2.20. The summed E-state index contributed by atoms with van der Waals surface area (Å²) in [5.41, 5.74) is 1.01. The molecule has 2 N–H and O–H groups in total. The number of ether oxygens (including phenoxy) is 1. The second-order valence-corrected chi connectivity index (χ2v) is 3.99. The fraction of sp³-hybridized carbons (Fsp3) is 0.214. The van der Waals surface area contributed by atoms with Crippen molar-refractivity contribution in [2.75, 3.05) is 7.11 Å². The van der Waals surface area contributed by atoms with E-state index in [4.69, 9.17) is 5.90 Å². The molecule has 2 rings (SSSR count). The molecule has 0 radical (unpaired) electrons. The normalized spacial score (nSPS) is 12.3. The third-order valence-electron chi connectivity index (χ3n) is 2.91. The molecule has 0 aliphatic carbocycles. The molecule has 0 amide bonds. The van der Waals surface area contributed by atoms with Crippen LogP contribution in [-0.4, -0.2) is 19.2 Å². The number of esters is 1. The van der Waals surface area contributed by atoms with E-state index in [1.54, 1.807) is 0 Å². The van der Waals surface area contributed by atoms with Gasteiger partial charge in [0.1, 0.15) is 0 Å². The van der Waals surface area contributed by atoms with E-state index in [0.717, 1.165) is 16.3 Å². The summed E-state index contributed by atoms with van der Waals surface area (Å²) in [4.78, 5) is 16.1. The molecule has 18 heavy (non-hydrogen) atoms. The van der Waals surface area contributed by atoms with Crippen molar-refractivity contribution in [1.82, 2.24) is 0 Å². The van der Waals surface area contributed by atoms with Crippen LogP contribution in [0.3, 0.4) is 0 Å². The fourth-order valence-corrected chi connectivity index (χ4v) is 1.99. The lowest BCUT2D eigenvalue weighted by molar-refractivity contribution is -0.154. The number of carbonyl (C=O) groups excluding carboxylic acids is 1. The third-order valence-corrected chi connectivity index (χ3v) is 2.91. The highest BCUT2D eigenvalue weighted by Gasteiger charge is 2.20. The zero-order valence-electron chi connectivity index (χ0n) is 10.1. The van der Waals surface area contributed by atoms with Crippen molar-refractivity contribution in [3.05, 3.63) is 48.0 Å². The minimum Gasteiger partial charge on any atom is -0.467 e. The van der Waals surface area contributed by atoms with E-state index in [0.29, 0.717) is 6.42 Å². The smallest absolute Gasteiger partial charge is 0.337 e. The lowest BCUT2D eigenvalue weighted by atomic mass is 10.00. The van der Waals surface area contributed by atoms with Gasteiger partial charge >= 0.3 is 5.97 Å². The third kappa shape index (κ3) is 2.50. The maximum Gasteiger partial charge on any atom is 0.337 e. The van der Waals surface area contributed by atoms with Crippen molar-refractivity contribution in [1.29, 1.82) is 0 Å². The van der Waals surface area contributed by atoms with Crippen molar-refractivity contribution < 1.29 is 14.4 Å². The van der Waals surface area contributed by atoms with Crippen molar-refractivity contribution in [2.45, 2.75) is 12.5 Å². The first kappa shape index (κ1) is 12.5. The molecule has 2 aromatic rings. The van der Waals surface area contributed by atoms with Crippen LogP contribution in [0.15, 0.2) is 42.5 Å². The molecule has 94 valence electrons. The van der Waals surface area contributed by atoms with E-state index in [9.17, 15) is 4.79 Å². The van der Waals surface area contributed by atoms with E-state index < -0.39 is 12.1 Å². The van der Waals surface area contributed by atoms with Gasteiger partial charge in [-0.3, -0.25) is 4.84 Å². The van der Waals surface area contributed by atoms with Gasteiger partial charge in [-0.15, -0.1) is 0 Å². The number of nitrogens with two attached hydrogens (primary N) is 1. The summed E-state index contributed by atoms with van der Waals surface area (Å²) in [5, 5.41) is 2.21. The summed E-state index contributed by atoms with van der Waals surface area (Å²) in [6.07, 6.45) is -0.384. The molecule has 4 nitrogen and oxygen atoms in total. The number of hydrogen-bond acceptors (Lipinski definition) is 4. The summed E-state index contributed by atoms with van der Waals surface area (Å²) in [6, 6.07) is 13.9. The van der Waals surface area contributed by atoms with Crippen LogP contribution in [0, 0.1) is 0 Å². The Morgan fingerprint density at radius 1 is 1.22 bits per heavy atom. The maximum absolute atomic E-state index is 11.5. The standard InChI is InChI=1S/C14H15NO3/c1-17-14(16)13(18-15)9-11-7-4-6-10-5-2-3-8-12(10)11/h2-8,13H,9,15H2,1H3. The SMILES string of the molecule is COC(=O)C(Cc1cccc2ccccc12)ON. The topological polar surface area (TPSA) is 61.5 Å². The highest BCUT2D eigenvalue weighted by atomic mass is 16.6. The summed E-state index contributed by atoms with van der Waals surface area (Å²) in [6.45, 7) is 0. The molecule has 0 aromatic heterocycles. The number of rotatable bonds is 4. The predicted molar refractivity (Wildman–Crippen MR) is 68.7 cm³/mol. The first-order chi connectivity index (χ1) is 8.76. The molecule has 1 atom stereocenters. The second-order valence-electron chi connectivity index (χ2n) is 3.99. The van der Waals surface area contributed by atoms with Crippen molar-refractivity contribution in [3.8, 4) is 0 Å². The molecule has 0 saturated heterocycles. The van der Waals surface area contributed by atoms with E-state index in [-0.39, 0.29) is 0 Å². The van der Waals surface area contributed by atoms with Crippen LogP contribution in [0.25, 0.3) is 10.8 Å². The molecule has 0 aliphatic heterocycles. The Balaban J connectivity index is 2.33. The molecular formula is C14H15NO3. The quantitative estimate of drug-likeness (QED) is 0.659. The Labute approximate surface area is 105 Å². The summed E-state index contributed by atoms with van der Waals surface area (Å²) in [5.74, 6) is 4.67. The lowest BCUT2D eigenvalue weighted by Gasteiger charge is -2.13. The number of hydrogen-bond donors (Lipinski definition) is 1. The summed E-state index contributed by atoms with van der Waals surface area (Å²) >= 11 is 0. The Hall–Kier alpha value is -1.91. The van der Waals surface area contributed by atoms with Gasteiger partial charge in [0.15, 0.2) is 6.10 Å². The largest absolute Gasteiger partial charge is 0.467 e. The molecular weight excluding hydrogens is 230 g/mol. The molecule has 0 fully saturated rings. The Kier molecular flexibility index (Phi) is 3.92. The fourth-order valence-electron chi connectivity index (χ4n) is 1.99.